The first kappa shape index (κ1) is 21.2. The molecule has 7 atom stereocenters. The average molecular weight is 393 g/mol. The molecule has 0 amide bonds. The lowest BCUT2D eigenvalue weighted by molar-refractivity contribution is 0.305. The number of fused-ring (bicyclic) bond motifs is 3. The quantitative estimate of drug-likeness (QED) is 0.425. The minimum Gasteiger partial charge on any atom is -0.0800 e. The molecule has 29 heavy (non-hydrogen) atoms. The molecule has 0 bridgehead atoms. The van der Waals surface area contributed by atoms with E-state index in [2.05, 4.69) is 71.1 Å². The molecule has 160 valence electrons. The highest BCUT2D eigenvalue weighted by Gasteiger charge is 2.48. The summed E-state index contributed by atoms with van der Waals surface area (Å²) in [4.78, 5) is 0. The molecule has 0 saturated heterocycles. The molecule has 4 rings (SSSR count). The van der Waals surface area contributed by atoms with Gasteiger partial charge in [-0.3, -0.25) is 0 Å². The summed E-state index contributed by atoms with van der Waals surface area (Å²) in [5.74, 6) is 5.82. The topological polar surface area (TPSA) is 0 Å². The molecular weight excluding hydrogens is 348 g/mol. The first-order chi connectivity index (χ1) is 13.9. The second-order valence-corrected chi connectivity index (χ2v) is 11.7. The van der Waals surface area contributed by atoms with Crippen LogP contribution in [0.15, 0.2) is 47.6 Å². The molecule has 7 unspecified atom stereocenters. The minimum absolute atomic E-state index is 0.263. The van der Waals surface area contributed by atoms with Crippen molar-refractivity contribution in [3.63, 3.8) is 0 Å². The fraction of sp³-hybridized carbons (Fsp3) is 0.724. The SMILES string of the molecule is CCCCC1CCC(CCC2C3C=C(C)C=CC3C3C=CC(C(C)(C)C)=CC32)C1. The lowest BCUT2D eigenvalue weighted by Crippen LogP contribution is -2.21. The number of unbranched alkanes of at least 4 members (excludes halogenated alkanes) is 1. The molecule has 0 aromatic carbocycles. The first-order valence-electron chi connectivity index (χ1n) is 12.6. The normalized spacial score (nSPS) is 38.6. The molecule has 2 saturated carbocycles. The molecule has 0 N–H and O–H groups in total. The first-order valence-corrected chi connectivity index (χ1v) is 12.6. The third-order valence-electron chi connectivity index (χ3n) is 8.62. The summed E-state index contributed by atoms with van der Waals surface area (Å²) in [5.41, 5.74) is 3.31. The smallest absolute Gasteiger partial charge is 0.00954 e. The predicted octanol–water partition coefficient (Wildman–Crippen LogP) is 8.53. The zero-order chi connectivity index (χ0) is 20.6. The van der Waals surface area contributed by atoms with Gasteiger partial charge < -0.3 is 0 Å². The number of allylic oxidation sites excluding steroid dienone is 8. The largest absolute Gasteiger partial charge is 0.0800 e. The second kappa shape index (κ2) is 8.60. The van der Waals surface area contributed by atoms with Crippen LogP contribution < -0.4 is 0 Å². The van der Waals surface area contributed by atoms with Crippen LogP contribution in [-0.4, -0.2) is 0 Å². The molecule has 0 aromatic rings. The van der Waals surface area contributed by atoms with E-state index >= 15 is 0 Å². The summed E-state index contributed by atoms with van der Waals surface area (Å²) >= 11 is 0. The van der Waals surface area contributed by atoms with E-state index in [9.17, 15) is 0 Å². The van der Waals surface area contributed by atoms with Crippen LogP contribution in [0.5, 0.6) is 0 Å². The van der Waals surface area contributed by atoms with Crippen LogP contribution in [-0.2, 0) is 0 Å². The molecule has 0 heteroatoms. The van der Waals surface area contributed by atoms with Gasteiger partial charge in [-0.1, -0.05) is 108 Å². The number of hydrogen-bond donors (Lipinski definition) is 0. The van der Waals surface area contributed by atoms with Crippen LogP contribution in [0.4, 0.5) is 0 Å². The Labute approximate surface area is 180 Å². The van der Waals surface area contributed by atoms with Gasteiger partial charge in [-0.2, -0.15) is 0 Å². The Kier molecular flexibility index (Phi) is 6.29. The predicted molar refractivity (Wildman–Crippen MR) is 127 cm³/mol. The fourth-order valence-electron chi connectivity index (χ4n) is 6.93. The van der Waals surface area contributed by atoms with Gasteiger partial charge in [0, 0.05) is 0 Å². The Bertz CT molecular complexity index is 694. The standard InChI is InChI=1S/C29H44/c1-6-7-8-21-10-11-22(18-21)12-15-26-27-17-20(2)9-14-24(27)25-16-13-23(19-28(25)26)29(3,4)5/h9,13-14,16-17,19,21-22,24-28H,6-8,10-12,15,18H2,1-5H3. The van der Waals surface area contributed by atoms with Crippen LogP contribution in [0.1, 0.15) is 86.0 Å². The van der Waals surface area contributed by atoms with Crippen molar-refractivity contribution in [2.24, 2.45) is 46.8 Å². The van der Waals surface area contributed by atoms with Gasteiger partial charge in [0.25, 0.3) is 0 Å². The van der Waals surface area contributed by atoms with Gasteiger partial charge in [0.15, 0.2) is 0 Å². The van der Waals surface area contributed by atoms with E-state index in [0.29, 0.717) is 0 Å². The maximum Gasteiger partial charge on any atom is -0.00954 e. The van der Waals surface area contributed by atoms with Crippen LogP contribution in [0.2, 0.25) is 0 Å². The summed E-state index contributed by atoms with van der Waals surface area (Å²) in [6.45, 7) is 11.8. The minimum atomic E-state index is 0.263. The highest BCUT2D eigenvalue weighted by atomic mass is 14.5. The maximum atomic E-state index is 2.70. The van der Waals surface area contributed by atoms with Crippen LogP contribution in [0.3, 0.4) is 0 Å². The molecule has 0 heterocycles. The van der Waals surface area contributed by atoms with E-state index in [4.69, 9.17) is 0 Å². The van der Waals surface area contributed by atoms with Crippen LogP contribution in [0.25, 0.3) is 0 Å². The van der Waals surface area contributed by atoms with E-state index < -0.39 is 0 Å². The van der Waals surface area contributed by atoms with Gasteiger partial charge in [-0.25, -0.2) is 0 Å². The molecule has 0 radical (unpaired) electrons. The summed E-state index contributed by atoms with van der Waals surface area (Å²) in [5, 5.41) is 0. The zero-order valence-corrected chi connectivity index (χ0v) is 19.7. The molecule has 0 nitrogen and oxygen atoms in total. The summed E-state index contributed by atoms with van der Waals surface area (Å²) in [6.07, 6.45) is 27.0. The van der Waals surface area contributed by atoms with Gasteiger partial charge in [0.2, 0.25) is 0 Å². The lowest BCUT2D eigenvalue weighted by Gasteiger charge is -2.31. The molecular formula is C29H44. The Morgan fingerprint density at radius 2 is 1.48 bits per heavy atom. The third-order valence-corrected chi connectivity index (χ3v) is 8.62. The average Bonchev–Trinajstić information content (AvgIpc) is 3.25. The Morgan fingerprint density at radius 3 is 2.17 bits per heavy atom. The molecule has 4 aliphatic carbocycles. The maximum absolute atomic E-state index is 2.70. The Morgan fingerprint density at radius 1 is 0.828 bits per heavy atom. The Hall–Kier alpha value is -1.04. The number of rotatable bonds is 6. The third kappa shape index (κ3) is 4.52. The Balaban J connectivity index is 1.47. The highest BCUT2D eigenvalue weighted by molar-refractivity contribution is 5.37. The fourth-order valence-corrected chi connectivity index (χ4v) is 6.93. The second-order valence-electron chi connectivity index (χ2n) is 11.7. The van der Waals surface area contributed by atoms with Crippen molar-refractivity contribution in [2.75, 3.05) is 0 Å². The molecule has 2 fully saturated rings. The molecule has 4 aliphatic rings. The van der Waals surface area contributed by atoms with E-state index in [-0.39, 0.29) is 5.41 Å². The van der Waals surface area contributed by atoms with Crippen LogP contribution >= 0.6 is 0 Å². The molecule has 0 spiro atoms. The van der Waals surface area contributed by atoms with Crippen molar-refractivity contribution >= 4 is 0 Å². The zero-order valence-electron chi connectivity index (χ0n) is 19.7. The number of hydrogen-bond acceptors (Lipinski definition) is 0. The van der Waals surface area contributed by atoms with E-state index in [1.54, 1.807) is 5.57 Å². The highest BCUT2D eigenvalue weighted by Crippen LogP contribution is 2.55. The van der Waals surface area contributed by atoms with Crippen molar-refractivity contribution in [1.82, 2.24) is 0 Å². The molecule has 0 aromatic heterocycles. The summed E-state index contributed by atoms with van der Waals surface area (Å²) < 4.78 is 0. The monoisotopic (exact) mass is 392 g/mol. The summed E-state index contributed by atoms with van der Waals surface area (Å²) in [6, 6.07) is 0. The van der Waals surface area contributed by atoms with Crippen LogP contribution in [0, 0.1) is 46.8 Å². The molecule has 0 aliphatic heterocycles. The van der Waals surface area contributed by atoms with Gasteiger partial charge in [0.1, 0.15) is 0 Å². The summed E-state index contributed by atoms with van der Waals surface area (Å²) in [7, 11) is 0. The van der Waals surface area contributed by atoms with Crippen molar-refractivity contribution in [3.05, 3.63) is 47.6 Å². The lowest BCUT2D eigenvalue weighted by atomic mass is 9.74. The van der Waals surface area contributed by atoms with Gasteiger partial charge in [-0.15, -0.1) is 0 Å². The van der Waals surface area contributed by atoms with Crippen molar-refractivity contribution in [2.45, 2.75) is 86.0 Å². The van der Waals surface area contributed by atoms with E-state index in [1.807, 2.05) is 0 Å². The van der Waals surface area contributed by atoms with Crippen molar-refractivity contribution < 1.29 is 0 Å². The van der Waals surface area contributed by atoms with Crippen molar-refractivity contribution in [3.8, 4) is 0 Å². The van der Waals surface area contributed by atoms with Gasteiger partial charge in [0.05, 0.1) is 0 Å². The van der Waals surface area contributed by atoms with E-state index in [1.165, 1.54) is 56.9 Å². The van der Waals surface area contributed by atoms with Gasteiger partial charge >= 0.3 is 0 Å². The van der Waals surface area contributed by atoms with E-state index in [0.717, 1.165) is 41.4 Å². The van der Waals surface area contributed by atoms with Crippen molar-refractivity contribution in [1.29, 1.82) is 0 Å². The van der Waals surface area contributed by atoms with Gasteiger partial charge in [-0.05, 0) is 72.2 Å².